The van der Waals surface area contributed by atoms with E-state index < -0.39 is 0 Å². The summed E-state index contributed by atoms with van der Waals surface area (Å²) >= 11 is 0. The highest BCUT2D eigenvalue weighted by Crippen LogP contribution is 2.14. The Bertz CT molecular complexity index is 586. The molecule has 0 aromatic rings. The largest absolute Gasteiger partial charge is 0.497 e. The first-order chi connectivity index (χ1) is 15.5. The van der Waals surface area contributed by atoms with Gasteiger partial charge in [-0.1, -0.05) is 51.7 Å². The smallest absolute Gasteiger partial charge is 0.156 e. The average molecular weight is 450 g/mol. The van der Waals surface area contributed by atoms with E-state index in [9.17, 15) is 0 Å². The fourth-order valence-electron chi connectivity index (χ4n) is 3.24. The Hall–Kier alpha value is -2.14. The number of rotatable bonds is 17. The molecule has 0 aromatic heterocycles. The molecule has 5 nitrogen and oxygen atoms in total. The molecular formula is C27H51N3O2. The van der Waals surface area contributed by atoms with E-state index in [1.165, 1.54) is 36.8 Å². The van der Waals surface area contributed by atoms with Crippen LogP contribution >= 0.6 is 0 Å². The molecule has 2 N–H and O–H groups in total. The summed E-state index contributed by atoms with van der Waals surface area (Å²) in [6.07, 6.45) is 13.5. The van der Waals surface area contributed by atoms with Gasteiger partial charge in [-0.3, -0.25) is 0 Å². The number of nitrogens with one attached hydrogen (secondary N) is 2. The summed E-state index contributed by atoms with van der Waals surface area (Å²) in [6.45, 7) is 17.3. The summed E-state index contributed by atoms with van der Waals surface area (Å²) in [5.74, 6) is 2.83. The zero-order chi connectivity index (χ0) is 24.8. The Labute approximate surface area is 199 Å². The number of unbranched alkanes of at least 4 members (excludes halogenated alkanes) is 3. The molecule has 0 radical (unpaired) electrons. The molecular weight excluding hydrogens is 398 g/mol. The zero-order valence-corrected chi connectivity index (χ0v) is 22.3. The second kappa shape index (κ2) is 22.1. The number of nitrogens with zero attached hydrogens (tertiary/aromatic N) is 1. The normalized spacial score (nSPS) is 13.1. The van der Waals surface area contributed by atoms with E-state index in [4.69, 9.17) is 9.47 Å². The lowest BCUT2D eigenvalue weighted by molar-refractivity contribution is 0.223. The number of hydrogen-bond acceptors (Lipinski definition) is 5. The van der Waals surface area contributed by atoms with Gasteiger partial charge in [0.25, 0.3) is 0 Å². The number of allylic oxidation sites excluding steroid dienone is 3. The maximum absolute atomic E-state index is 5.49. The highest BCUT2D eigenvalue weighted by molar-refractivity contribution is 5.25. The summed E-state index contributed by atoms with van der Waals surface area (Å²) in [7, 11) is 7.54. The van der Waals surface area contributed by atoms with Gasteiger partial charge in [-0.15, -0.1) is 13.2 Å². The fraction of sp³-hybridized carbons (Fsp3) is 0.630. The van der Waals surface area contributed by atoms with Crippen LogP contribution in [-0.2, 0) is 9.47 Å². The Morgan fingerprint density at radius 1 is 0.969 bits per heavy atom. The lowest BCUT2D eigenvalue weighted by atomic mass is 10.1. The molecule has 0 heterocycles. The van der Waals surface area contributed by atoms with Gasteiger partial charge in [0.15, 0.2) is 5.76 Å². The van der Waals surface area contributed by atoms with E-state index in [-0.39, 0.29) is 0 Å². The van der Waals surface area contributed by atoms with Crippen molar-refractivity contribution in [3.8, 4) is 0 Å². The van der Waals surface area contributed by atoms with Gasteiger partial charge in [-0.2, -0.15) is 0 Å². The second-order valence-electron chi connectivity index (χ2n) is 7.59. The number of methoxy groups -OCH3 is 2. The number of ether oxygens (including phenoxy) is 2. The average Bonchev–Trinajstić information content (AvgIpc) is 2.81. The van der Waals surface area contributed by atoms with Crippen LogP contribution in [0.5, 0.6) is 0 Å². The van der Waals surface area contributed by atoms with Crippen molar-refractivity contribution in [2.24, 2.45) is 0 Å². The molecule has 5 heteroatoms. The van der Waals surface area contributed by atoms with Gasteiger partial charge >= 0.3 is 0 Å². The Morgan fingerprint density at radius 2 is 1.66 bits per heavy atom. The van der Waals surface area contributed by atoms with Gasteiger partial charge in [0, 0.05) is 40.2 Å². The molecule has 0 unspecified atom stereocenters. The third-order valence-corrected chi connectivity index (χ3v) is 4.98. The summed E-state index contributed by atoms with van der Waals surface area (Å²) in [5, 5.41) is 6.92. The van der Waals surface area contributed by atoms with Crippen LogP contribution in [0.25, 0.3) is 0 Å². The lowest BCUT2D eigenvalue weighted by Crippen LogP contribution is -2.28. The molecule has 0 bridgehead atoms. The molecule has 0 aliphatic heterocycles. The van der Waals surface area contributed by atoms with Crippen molar-refractivity contribution < 1.29 is 9.47 Å². The van der Waals surface area contributed by atoms with E-state index in [2.05, 4.69) is 81.7 Å². The van der Waals surface area contributed by atoms with Crippen LogP contribution in [0.15, 0.2) is 59.9 Å². The second-order valence-corrected chi connectivity index (χ2v) is 7.59. The first kappa shape index (κ1) is 32.0. The first-order valence-electron chi connectivity index (χ1n) is 12.0. The van der Waals surface area contributed by atoms with Crippen molar-refractivity contribution in [1.29, 1.82) is 0 Å². The third kappa shape index (κ3) is 14.8. The summed E-state index contributed by atoms with van der Waals surface area (Å²) in [5.41, 5.74) is 2.50. The van der Waals surface area contributed by atoms with E-state index in [1.807, 2.05) is 7.05 Å². The molecule has 0 saturated carbocycles. The maximum atomic E-state index is 5.49. The molecule has 0 spiro atoms. The molecule has 0 aromatic carbocycles. The van der Waals surface area contributed by atoms with Crippen LogP contribution in [0.1, 0.15) is 66.2 Å². The Morgan fingerprint density at radius 3 is 2.16 bits per heavy atom. The molecule has 0 aliphatic carbocycles. The van der Waals surface area contributed by atoms with Crippen LogP contribution in [0.4, 0.5) is 0 Å². The molecule has 0 aliphatic rings. The maximum Gasteiger partial charge on any atom is 0.156 e. The Balaban J connectivity index is 0. The fourth-order valence-corrected chi connectivity index (χ4v) is 3.24. The van der Waals surface area contributed by atoms with Gasteiger partial charge in [0.2, 0.25) is 0 Å². The lowest BCUT2D eigenvalue weighted by Gasteiger charge is -2.23. The summed E-state index contributed by atoms with van der Waals surface area (Å²) in [6, 6.07) is 0. The van der Waals surface area contributed by atoms with E-state index in [0.717, 1.165) is 49.8 Å². The monoisotopic (exact) mass is 449 g/mol. The number of hydrogen-bond donors (Lipinski definition) is 2. The minimum atomic E-state index is 0.796. The van der Waals surface area contributed by atoms with Crippen molar-refractivity contribution in [1.82, 2.24) is 15.5 Å². The molecule has 0 saturated heterocycles. The highest BCUT2D eigenvalue weighted by atomic mass is 16.5. The van der Waals surface area contributed by atoms with Crippen molar-refractivity contribution >= 4 is 0 Å². The van der Waals surface area contributed by atoms with Gasteiger partial charge in [0.1, 0.15) is 11.6 Å². The SMILES string of the molecule is C=C.CC/C=C(\C=C(/NC)N(C)CCCCCC)CNC/C(C)=C/C(OC)=C(\CC)OC. The van der Waals surface area contributed by atoms with E-state index in [1.54, 1.807) is 14.2 Å². The summed E-state index contributed by atoms with van der Waals surface area (Å²) < 4.78 is 10.9. The standard InChI is InChI=1S/C25H47N3O2.C2H4/c1-9-12-13-14-16-28(6)25(26-5)18-22(15-10-2)20-27-19-21(4)17-24(30-8)23(11-3)29-7;1-2/h15,17-18,26-27H,9-14,16,19-20H2,1-8H3;1-2H2/b21-17+,22-15+,24-23-,25-18+;. The summed E-state index contributed by atoms with van der Waals surface area (Å²) in [4.78, 5) is 2.32. The molecule has 32 heavy (non-hydrogen) atoms. The van der Waals surface area contributed by atoms with Crippen molar-refractivity contribution in [3.05, 3.63) is 59.9 Å². The van der Waals surface area contributed by atoms with Crippen LogP contribution in [-0.4, -0.2) is 52.8 Å². The minimum absolute atomic E-state index is 0.796. The molecule has 186 valence electrons. The van der Waals surface area contributed by atoms with Gasteiger partial charge in [-0.25, -0.2) is 0 Å². The topological polar surface area (TPSA) is 45.8 Å². The van der Waals surface area contributed by atoms with Gasteiger partial charge in [-0.05, 0) is 37.5 Å². The quantitative estimate of drug-likeness (QED) is 0.121. The third-order valence-electron chi connectivity index (χ3n) is 4.98. The highest BCUT2D eigenvalue weighted by Gasteiger charge is 2.06. The predicted molar refractivity (Wildman–Crippen MR) is 142 cm³/mol. The zero-order valence-electron chi connectivity index (χ0n) is 22.3. The van der Waals surface area contributed by atoms with E-state index >= 15 is 0 Å². The first-order valence-corrected chi connectivity index (χ1v) is 12.0. The van der Waals surface area contributed by atoms with Crippen LogP contribution in [0, 0.1) is 0 Å². The van der Waals surface area contributed by atoms with Crippen LogP contribution < -0.4 is 10.6 Å². The molecule has 0 amide bonds. The van der Waals surface area contributed by atoms with Crippen molar-refractivity contribution in [3.63, 3.8) is 0 Å². The molecule has 0 rings (SSSR count). The predicted octanol–water partition coefficient (Wildman–Crippen LogP) is 6.15. The molecule has 0 fully saturated rings. The van der Waals surface area contributed by atoms with Crippen molar-refractivity contribution in [2.75, 3.05) is 47.9 Å². The van der Waals surface area contributed by atoms with Gasteiger partial charge in [0.05, 0.1) is 14.2 Å². The van der Waals surface area contributed by atoms with Crippen LogP contribution in [0.3, 0.4) is 0 Å². The van der Waals surface area contributed by atoms with Crippen LogP contribution in [0.2, 0.25) is 0 Å². The Kier molecular flexibility index (Phi) is 22.1. The van der Waals surface area contributed by atoms with Gasteiger partial charge < -0.3 is 25.0 Å². The molecule has 0 atom stereocenters. The van der Waals surface area contributed by atoms with Crippen molar-refractivity contribution in [2.45, 2.75) is 66.2 Å². The van der Waals surface area contributed by atoms with E-state index in [0.29, 0.717) is 0 Å². The minimum Gasteiger partial charge on any atom is -0.497 e.